The Bertz CT molecular complexity index is 660. The lowest BCUT2D eigenvalue weighted by Crippen LogP contribution is -2.61. The van der Waals surface area contributed by atoms with Crippen LogP contribution in [-0.4, -0.2) is 47.8 Å². The van der Waals surface area contributed by atoms with Crippen molar-refractivity contribution in [3.63, 3.8) is 0 Å². The van der Waals surface area contributed by atoms with Crippen molar-refractivity contribution in [1.29, 1.82) is 0 Å². The predicted molar refractivity (Wildman–Crippen MR) is 106 cm³/mol. The van der Waals surface area contributed by atoms with E-state index in [1.54, 1.807) is 0 Å². The molecule has 7 heteroatoms. The maximum atomic E-state index is 12.9. The Balaban J connectivity index is 1.58. The fourth-order valence-electron chi connectivity index (χ4n) is 4.13. The van der Waals surface area contributed by atoms with Crippen LogP contribution in [0, 0.1) is 5.92 Å². The number of piperidine rings is 1. The normalized spacial score (nSPS) is 20.1. The van der Waals surface area contributed by atoms with Crippen molar-refractivity contribution in [3.8, 4) is 0 Å². The lowest BCUT2D eigenvalue weighted by atomic mass is 9.80. The Hall–Kier alpha value is -1.89. The minimum absolute atomic E-state index is 0.0358. The number of nitrogens with zero attached hydrogens (tertiary/aromatic N) is 1. The molecule has 3 rings (SSSR count). The summed E-state index contributed by atoms with van der Waals surface area (Å²) in [5, 5.41) is 7.90. The smallest absolute Gasteiger partial charge is 0.263 e. The van der Waals surface area contributed by atoms with Gasteiger partial charge in [-0.3, -0.25) is 14.4 Å². The van der Waals surface area contributed by atoms with E-state index < -0.39 is 5.54 Å². The maximum absolute atomic E-state index is 12.9. The van der Waals surface area contributed by atoms with Gasteiger partial charge in [-0.05, 0) is 44.1 Å². The first-order chi connectivity index (χ1) is 13.1. The molecular weight excluding hydrogens is 362 g/mol. The molecule has 1 saturated carbocycles. The van der Waals surface area contributed by atoms with Gasteiger partial charge in [-0.15, -0.1) is 11.3 Å². The number of carbonyl (C=O) groups is 3. The van der Waals surface area contributed by atoms with Crippen LogP contribution in [0.2, 0.25) is 0 Å². The maximum Gasteiger partial charge on any atom is 0.263 e. The molecule has 3 amide bonds. The van der Waals surface area contributed by atoms with Gasteiger partial charge in [0.2, 0.25) is 11.8 Å². The van der Waals surface area contributed by atoms with E-state index in [1.165, 1.54) is 11.3 Å². The van der Waals surface area contributed by atoms with Crippen molar-refractivity contribution in [2.24, 2.45) is 5.92 Å². The SMILES string of the molecule is CCNC(=O)C1(NC(=O)C2CCN(C(=O)c3cccs3)CC2)CCCCC1. The van der Waals surface area contributed by atoms with Gasteiger partial charge in [0.1, 0.15) is 5.54 Å². The number of nitrogens with one attached hydrogen (secondary N) is 2. The van der Waals surface area contributed by atoms with Crippen LogP contribution in [-0.2, 0) is 9.59 Å². The van der Waals surface area contributed by atoms with E-state index >= 15 is 0 Å². The van der Waals surface area contributed by atoms with Crippen molar-refractivity contribution < 1.29 is 14.4 Å². The molecular formula is C20H29N3O3S. The van der Waals surface area contributed by atoms with E-state index in [2.05, 4.69) is 10.6 Å². The summed E-state index contributed by atoms with van der Waals surface area (Å²) in [7, 11) is 0. The first-order valence-corrected chi connectivity index (χ1v) is 10.9. The van der Waals surface area contributed by atoms with Crippen molar-refractivity contribution in [2.75, 3.05) is 19.6 Å². The Morgan fingerprint density at radius 3 is 2.48 bits per heavy atom. The topological polar surface area (TPSA) is 78.5 Å². The van der Waals surface area contributed by atoms with Gasteiger partial charge in [-0.25, -0.2) is 0 Å². The standard InChI is InChI=1S/C20H29N3O3S/c1-2-21-19(26)20(10-4-3-5-11-20)22-17(24)15-8-12-23(13-9-15)18(25)16-7-6-14-27-16/h6-7,14-15H,2-5,8-13H2,1H3,(H,21,26)(H,22,24). The largest absolute Gasteiger partial charge is 0.354 e. The molecule has 2 fully saturated rings. The zero-order valence-corrected chi connectivity index (χ0v) is 16.8. The van der Waals surface area contributed by atoms with Crippen molar-refractivity contribution in [2.45, 2.75) is 57.4 Å². The summed E-state index contributed by atoms with van der Waals surface area (Å²) in [4.78, 5) is 40.6. The quantitative estimate of drug-likeness (QED) is 0.810. The molecule has 0 aromatic carbocycles. The summed E-state index contributed by atoms with van der Waals surface area (Å²) < 4.78 is 0. The average Bonchev–Trinajstić information content (AvgIpc) is 3.23. The van der Waals surface area contributed by atoms with E-state index in [1.807, 2.05) is 29.3 Å². The van der Waals surface area contributed by atoms with E-state index in [4.69, 9.17) is 0 Å². The predicted octanol–water partition coefficient (Wildman–Crippen LogP) is 2.56. The second-order valence-electron chi connectivity index (χ2n) is 7.54. The highest BCUT2D eigenvalue weighted by Gasteiger charge is 2.42. The molecule has 148 valence electrons. The van der Waals surface area contributed by atoms with E-state index in [0.29, 0.717) is 45.3 Å². The Labute approximate surface area is 164 Å². The van der Waals surface area contributed by atoms with Crippen LogP contribution in [0.15, 0.2) is 17.5 Å². The van der Waals surface area contributed by atoms with Crippen LogP contribution in [0.4, 0.5) is 0 Å². The summed E-state index contributed by atoms with van der Waals surface area (Å²) in [6, 6.07) is 3.72. The number of likely N-dealkylation sites (N-methyl/N-ethyl adjacent to an activating group) is 1. The van der Waals surface area contributed by atoms with Crippen LogP contribution in [0.3, 0.4) is 0 Å². The zero-order chi connectivity index (χ0) is 19.3. The van der Waals surface area contributed by atoms with Gasteiger partial charge < -0.3 is 15.5 Å². The highest BCUT2D eigenvalue weighted by molar-refractivity contribution is 7.12. The summed E-state index contributed by atoms with van der Waals surface area (Å²) in [6.45, 7) is 3.64. The van der Waals surface area contributed by atoms with Crippen LogP contribution in [0.1, 0.15) is 61.5 Å². The third kappa shape index (κ3) is 4.51. The second kappa shape index (κ2) is 8.87. The van der Waals surface area contributed by atoms with Crippen molar-refractivity contribution in [1.82, 2.24) is 15.5 Å². The zero-order valence-electron chi connectivity index (χ0n) is 16.0. The summed E-state index contributed by atoms with van der Waals surface area (Å²) in [5.74, 6) is -0.171. The number of hydrogen-bond donors (Lipinski definition) is 2. The molecule has 27 heavy (non-hydrogen) atoms. The van der Waals surface area contributed by atoms with E-state index in [9.17, 15) is 14.4 Å². The Kier molecular flexibility index (Phi) is 6.52. The molecule has 1 saturated heterocycles. The second-order valence-corrected chi connectivity index (χ2v) is 8.48. The van der Waals surface area contributed by atoms with Gasteiger partial charge in [0.25, 0.3) is 5.91 Å². The summed E-state index contributed by atoms with van der Waals surface area (Å²) in [5.41, 5.74) is -0.755. The lowest BCUT2D eigenvalue weighted by Gasteiger charge is -2.39. The first-order valence-electron chi connectivity index (χ1n) is 9.99. The molecule has 6 nitrogen and oxygen atoms in total. The summed E-state index contributed by atoms with van der Waals surface area (Å²) >= 11 is 1.45. The third-order valence-corrected chi connectivity index (χ3v) is 6.58. The van der Waals surface area contributed by atoms with Gasteiger partial charge in [-0.1, -0.05) is 25.3 Å². The minimum atomic E-state index is -0.755. The highest BCUT2D eigenvalue weighted by Crippen LogP contribution is 2.30. The fraction of sp³-hybridized carbons (Fsp3) is 0.650. The molecule has 0 bridgehead atoms. The fourth-order valence-corrected chi connectivity index (χ4v) is 4.82. The highest BCUT2D eigenvalue weighted by atomic mass is 32.1. The molecule has 1 aliphatic carbocycles. The molecule has 0 atom stereocenters. The van der Waals surface area contributed by atoms with Gasteiger partial charge in [0.05, 0.1) is 4.88 Å². The van der Waals surface area contributed by atoms with Crippen LogP contribution < -0.4 is 10.6 Å². The minimum Gasteiger partial charge on any atom is -0.354 e. The molecule has 0 radical (unpaired) electrons. The van der Waals surface area contributed by atoms with Crippen LogP contribution in [0.25, 0.3) is 0 Å². The molecule has 1 aliphatic heterocycles. The van der Waals surface area contributed by atoms with Crippen LogP contribution in [0.5, 0.6) is 0 Å². The number of likely N-dealkylation sites (tertiary alicyclic amines) is 1. The molecule has 2 N–H and O–H groups in total. The molecule has 1 aromatic heterocycles. The molecule has 1 aromatic rings. The van der Waals surface area contributed by atoms with Gasteiger partial charge in [-0.2, -0.15) is 0 Å². The summed E-state index contributed by atoms with van der Waals surface area (Å²) in [6.07, 6.45) is 5.75. The molecule has 2 heterocycles. The average molecular weight is 392 g/mol. The third-order valence-electron chi connectivity index (χ3n) is 5.73. The van der Waals surface area contributed by atoms with Crippen molar-refractivity contribution in [3.05, 3.63) is 22.4 Å². The molecule has 0 spiro atoms. The van der Waals surface area contributed by atoms with Gasteiger partial charge in [0, 0.05) is 25.6 Å². The number of amides is 3. The molecule has 2 aliphatic rings. The van der Waals surface area contributed by atoms with E-state index in [0.717, 1.165) is 24.1 Å². The van der Waals surface area contributed by atoms with Crippen molar-refractivity contribution >= 4 is 29.1 Å². The van der Waals surface area contributed by atoms with E-state index in [-0.39, 0.29) is 23.6 Å². The van der Waals surface area contributed by atoms with Crippen LogP contribution >= 0.6 is 11.3 Å². The number of hydrogen-bond acceptors (Lipinski definition) is 4. The van der Waals surface area contributed by atoms with Gasteiger partial charge in [0.15, 0.2) is 0 Å². The Morgan fingerprint density at radius 2 is 1.89 bits per heavy atom. The number of carbonyl (C=O) groups excluding carboxylic acids is 3. The number of rotatable bonds is 5. The van der Waals surface area contributed by atoms with Gasteiger partial charge >= 0.3 is 0 Å². The monoisotopic (exact) mass is 391 g/mol. The lowest BCUT2D eigenvalue weighted by molar-refractivity contribution is -0.137. The molecule has 0 unspecified atom stereocenters. The number of thiophene rings is 1. The first kappa shape index (κ1) is 19.9. The Morgan fingerprint density at radius 1 is 1.19 bits per heavy atom.